The van der Waals surface area contributed by atoms with E-state index in [-0.39, 0.29) is 0 Å². The van der Waals surface area contributed by atoms with E-state index in [0.717, 1.165) is 56.4 Å². The molecule has 0 aliphatic heterocycles. The first-order chi connectivity index (χ1) is 19.7. The SMILES string of the molecule is C[n+]1c(-c2ccccc2)cc(N=Nc2cc(-c3ccccc3)[n+](C)c(-c3ccccc3)c2)cc1-c1ccccc1. The Morgan fingerprint density at radius 3 is 0.800 bits per heavy atom. The van der Waals surface area contributed by atoms with Gasteiger partial charge in [-0.3, -0.25) is 0 Å². The third-order valence-corrected chi connectivity index (χ3v) is 7.14. The Kier molecular flexibility index (Phi) is 7.06. The highest BCUT2D eigenvalue weighted by Gasteiger charge is 2.20. The van der Waals surface area contributed by atoms with Gasteiger partial charge in [0.05, 0.1) is 11.4 Å². The fraction of sp³-hybridized carbons (Fsp3) is 0.0556. The summed E-state index contributed by atoms with van der Waals surface area (Å²) >= 11 is 0. The van der Waals surface area contributed by atoms with Crippen LogP contribution in [0.25, 0.3) is 45.0 Å². The number of benzene rings is 4. The minimum absolute atomic E-state index is 0.798. The lowest BCUT2D eigenvalue weighted by Crippen LogP contribution is -2.33. The molecule has 0 unspecified atom stereocenters. The minimum Gasteiger partial charge on any atom is -0.194 e. The maximum atomic E-state index is 4.79. The molecular formula is C36H30N4+2. The Balaban J connectivity index is 1.49. The van der Waals surface area contributed by atoms with Crippen molar-refractivity contribution in [1.82, 2.24) is 0 Å². The Hall–Kier alpha value is -5.22. The van der Waals surface area contributed by atoms with Gasteiger partial charge >= 0.3 is 0 Å². The molecule has 0 saturated heterocycles. The standard InChI is InChI=1S/C36H30N4/c1-39-33(27-15-7-3-8-16-27)23-31(24-34(39)28-17-9-4-10-18-28)37-38-32-25-35(29-19-11-5-12-20-29)40(2)36(26-32)30-21-13-6-14-22-30/h3-26H,1-2H3/q+2. The molecule has 40 heavy (non-hydrogen) atoms. The molecule has 2 aromatic heterocycles. The first-order valence-corrected chi connectivity index (χ1v) is 13.4. The average molecular weight is 519 g/mol. The van der Waals surface area contributed by atoms with Crippen LogP contribution in [0.2, 0.25) is 0 Å². The fourth-order valence-electron chi connectivity index (χ4n) is 5.06. The molecule has 192 valence electrons. The molecule has 0 saturated carbocycles. The van der Waals surface area contributed by atoms with Crippen molar-refractivity contribution in [2.45, 2.75) is 0 Å². The van der Waals surface area contributed by atoms with Crippen LogP contribution in [-0.2, 0) is 14.1 Å². The highest BCUT2D eigenvalue weighted by Crippen LogP contribution is 2.31. The number of aromatic nitrogens is 2. The van der Waals surface area contributed by atoms with Crippen LogP contribution in [0.4, 0.5) is 11.4 Å². The first kappa shape index (κ1) is 25.1. The third-order valence-electron chi connectivity index (χ3n) is 7.14. The summed E-state index contributed by atoms with van der Waals surface area (Å²) in [4.78, 5) is 0. The molecule has 0 aliphatic rings. The first-order valence-electron chi connectivity index (χ1n) is 13.4. The molecule has 6 rings (SSSR count). The molecule has 6 aromatic rings. The number of nitrogens with zero attached hydrogens (tertiary/aromatic N) is 4. The quantitative estimate of drug-likeness (QED) is 0.157. The smallest absolute Gasteiger partial charge is 0.194 e. The Morgan fingerprint density at radius 2 is 0.575 bits per heavy atom. The zero-order chi connectivity index (χ0) is 27.3. The molecule has 0 aliphatic carbocycles. The molecule has 0 bridgehead atoms. The third kappa shape index (κ3) is 5.20. The van der Waals surface area contributed by atoms with Gasteiger partial charge < -0.3 is 0 Å². The summed E-state index contributed by atoms with van der Waals surface area (Å²) in [5, 5.41) is 9.58. The number of pyridine rings is 2. The zero-order valence-corrected chi connectivity index (χ0v) is 22.6. The summed E-state index contributed by atoms with van der Waals surface area (Å²) in [5.41, 5.74) is 10.4. The topological polar surface area (TPSA) is 32.5 Å². The van der Waals surface area contributed by atoms with Crippen LogP contribution in [-0.4, -0.2) is 0 Å². The highest BCUT2D eigenvalue weighted by atomic mass is 15.1. The molecule has 0 amide bonds. The van der Waals surface area contributed by atoms with E-state index in [4.69, 9.17) is 10.2 Å². The van der Waals surface area contributed by atoms with E-state index in [1.807, 2.05) is 24.3 Å². The second kappa shape index (κ2) is 11.3. The van der Waals surface area contributed by atoms with Gasteiger partial charge in [-0.25, -0.2) is 0 Å². The van der Waals surface area contributed by atoms with Gasteiger partial charge in [0.1, 0.15) is 14.1 Å². The molecule has 4 nitrogen and oxygen atoms in total. The fourth-order valence-corrected chi connectivity index (χ4v) is 5.06. The monoisotopic (exact) mass is 518 g/mol. The predicted octanol–water partition coefficient (Wildman–Crippen LogP) is 8.42. The normalized spacial score (nSPS) is 11.2. The lowest BCUT2D eigenvalue weighted by molar-refractivity contribution is -0.649. The van der Waals surface area contributed by atoms with Gasteiger partial charge in [0.15, 0.2) is 0 Å². The predicted molar refractivity (Wildman–Crippen MR) is 161 cm³/mol. The molecule has 0 spiro atoms. The highest BCUT2D eigenvalue weighted by molar-refractivity contribution is 5.68. The number of hydrogen-bond acceptors (Lipinski definition) is 2. The maximum Gasteiger partial charge on any atom is 0.214 e. The summed E-state index contributed by atoms with van der Waals surface area (Å²) in [5.74, 6) is 0. The van der Waals surface area contributed by atoms with Crippen LogP contribution in [0.1, 0.15) is 0 Å². The van der Waals surface area contributed by atoms with Crippen LogP contribution < -0.4 is 9.13 Å². The summed E-state index contributed by atoms with van der Waals surface area (Å²) in [7, 11) is 4.20. The van der Waals surface area contributed by atoms with E-state index >= 15 is 0 Å². The maximum absolute atomic E-state index is 4.79. The molecule has 0 fully saturated rings. The van der Waals surface area contributed by atoms with E-state index < -0.39 is 0 Å². The van der Waals surface area contributed by atoms with Crippen molar-refractivity contribution in [3.05, 3.63) is 146 Å². The largest absolute Gasteiger partial charge is 0.214 e. The van der Waals surface area contributed by atoms with Gasteiger partial charge in [0, 0.05) is 46.5 Å². The number of azo groups is 1. The van der Waals surface area contributed by atoms with Crippen LogP contribution in [0.5, 0.6) is 0 Å². The van der Waals surface area contributed by atoms with E-state index in [9.17, 15) is 0 Å². The van der Waals surface area contributed by atoms with Crippen molar-refractivity contribution in [1.29, 1.82) is 0 Å². The van der Waals surface area contributed by atoms with Crippen molar-refractivity contribution in [2.75, 3.05) is 0 Å². The van der Waals surface area contributed by atoms with Gasteiger partial charge in [0.25, 0.3) is 0 Å². The van der Waals surface area contributed by atoms with Crippen molar-refractivity contribution >= 4 is 11.4 Å². The van der Waals surface area contributed by atoms with Crippen LogP contribution in [0.3, 0.4) is 0 Å². The molecule has 0 N–H and O–H groups in total. The molecular weight excluding hydrogens is 488 g/mol. The lowest BCUT2D eigenvalue weighted by Gasteiger charge is -2.08. The van der Waals surface area contributed by atoms with Crippen LogP contribution >= 0.6 is 0 Å². The van der Waals surface area contributed by atoms with Crippen LogP contribution in [0, 0.1) is 0 Å². The van der Waals surface area contributed by atoms with Crippen molar-refractivity contribution in [3.8, 4) is 45.0 Å². The van der Waals surface area contributed by atoms with Crippen molar-refractivity contribution in [2.24, 2.45) is 24.3 Å². The summed E-state index contributed by atoms with van der Waals surface area (Å²) in [6.45, 7) is 0. The zero-order valence-electron chi connectivity index (χ0n) is 22.6. The summed E-state index contributed by atoms with van der Waals surface area (Å²) in [6.07, 6.45) is 0. The number of rotatable bonds is 6. The Labute approximate surface area is 235 Å². The van der Waals surface area contributed by atoms with E-state index in [1.54, 1.807) is 0 Å². The molecule has 4 aromatic carbocycles. The lowest BCUT2D eigenvalue weighted by atomic mass is 10.1. The van der Waals surface area contributed by atoms with Gasteiger partial charge in [-0.15, -0.1) is 0 Å². The van der Waals surface area contributed by atoms with Crippen LogP contribution in [0.15, 0.2) is 156 Å². The van der Waals surface area contributed by atoms with Gasteiger partial charge in [-0.2, -0.15) is 19.4 Å². The Morgan fingerprint density at radius 1 is 0.350 bits per heavy atom. The molecule has 0 atom stereocenters. The van der Waals surface area contributed by atoms with E-state index in [0.29, 0.717) is 0 Å². The van der Waals surface area contributed by atoms with Gasteiger partial charge in [0.2, 0.25) is 22.8 Å². The van der Waals surface area contributed by atoms with Crippen molar-refractivity contribution in [3.63, 3.8) is 0 Å². The minimum atomic E-state index is 0.798. The van der Waals surface area contributed by atoms with E-state index in [2.05, 4.69) is 145 Å². The molecule has 2 heterocycles. The summed E-state index contributed by atoms with van der Waals surface area (Å²) < 4.78 is 4.43. The van der Waals surface area contributed by atoms with Gasteiger partial charge in [-0.1, -0.05) is 72.8 Å². The molecule has 4 heteroatoms. The second-order valence-electron chi connectivity index (χ2n) is 9.75. The summed E-state index contributed by atoms with van der Waals surface area (Å²) in [6, 6.07) is 50.0. The van der Waals surface area contributed by atoms with E-state index in [1.165, 1.54) is 0 Å². The van der Waals surface area contributed by atoms with Crippen molar-refractivity contribution < 1.29 is 9.13 Å². The average Bonchev–Trinajstić information content (AvgIpc) is 3.02. The Bertz CT molecular complexity index is 1520. The molecule has 0 radical (unpaired) electrons. The van der Waals surface area contributed by atoms with Gasteiger partial charge in [-0.05, 0) is 48.5 Å². The second-order valence-corrected chi connectivity index (χ2v) is 9.75. The number of hydrogen-bond donors (Lipinski definition) is 0.